The highest BCUT2D eigenvalue weighted by molar-refractivity contribution is 9.10. The molecule has 0 saturated carbocycles. The van der Waals surface area contributed by atoms with Crippen molar-refractivity contribution in [2.45, 2.75) is 24.9 Å². The van der Waals surface area contributed by atoms with Gasteiger partial charge in [-0.2, -0.15) is 18.3 Å². The highest BCUT2D eigenvalue weighted by Crippen LogP contribution is 2.33. The Morgan fingerprint density at radius 1 is 1.32 bits per heavy atom. The van der Waals surface area contributed by atoms with E-state index in [1.54, 1.807) is 22.7 Å². The molecule has 0 bridgehead atoms. The van der Waals surface area contributed by atoms with Crippen LogP contribution in [0.15, 0.2) is 35.1 Å². The standard InChI is InChI=1S/C18H17BrF3N5O/c1-25-10-13(18(20,21)22)23-16(25)11-5-4-7-26(9-11)17(28)15-14(19)12-6-2-3-8-27(12)24-15/h2-3,6,8,10-11H,4-5,7,9H2,1H3. The molecule has 4 rings (SSSR count). The molecular weight excluding hydrogens is 439 g/mol. The van der Waals surface area contributed by atoms with Crippen molar-refractivity contribution in [2.24, 2.45) is 7.05 Å². The van der Waals surface area contributed by atoms with Crippen LogP contribution in [0.5, 0.6) is 0 Å². The molecule has 0 aromatic carbocycles. The Morgan fingerprint density at radius 2 is 2.11 bits per heavy atom. The number of amides is 1. The number of nitrogens with zero attached hydrogens (tertiary/aromatic N) is 5. The van der Waals surface area contributed by atoms with E-state index in [1.807, 2.05) is 18.2 Å². The second-order valence-corrected chi connectivity index (χ2v) is 7.67. The minimum atomic E-state index is -4.48. The molecule has 1 saturated heterocycles. The lowest BCUT2D eigenvalue weighted by Crippen LogP contribution is -2.40. The van der Waals surface area contributed by atoms with Crippen LogP contribution in [0.25, 0.3) is 5.52 Å². The monoisotopic (exact) mass is 455 g/mol. The van der Waals surface area contributed by atoms with Crippen LogP contribution < -0.4 is 0 Å². The summed E-state index contributed by atoms with van der Waals surface area (Å²) in [5.74, 6) is -0.154. The number of fused-ring (bicyclic) bond motifs is 1. The lowest BCUT2D eigenvalue weighted by Gasteiger charge is -2.32. The molecule has 0 aliphatic carbocycles. The zero-order valence-electron chi connectivity index (χ0n) is 14.9. The third-order valence-electron chi connectivity index (χ3n) is 4.96. The molecule has 0 spiro atoms. The number of aromatic nitrogens is 4. The first-order chi connectivity index (χ1) is 13.3. The van der Waals surface area contributed by atoms with Gasteiger partial charge in [-0.05, 0) is 40.9 Å². The highest BCUT2D eigenvalue weighted by Gasteiger charge is 2.37. The number of hydrogen-bond donors (Lipinski definition) is 0. The van der Waals surface area contributed by atoms with Crippen LogP contribution in [-0.4, -0.2) is 43.1 Å². The number of rotatable bonds is 2. The molecule has 1 fully saturated rings. The quantitative estimate of drug-likeness (QED) is 0.589. The number of alkyl halides is 3. The molecule has 0 radical (unpaired) electrons. The van der Waals surface area contributed by atoms with Crippen molar-refractivity contribution in [3.63, 3.8) is 0 Å². The van der Waals surface area contributed by atoms with Crippen molar-refractivity contribution in [1.29, 1.82) is 0 Å². The van der Waals surface area contributed by atoms with Gasteiger partial charge in [-0.15, -0.1) is 0 Å². The smallest absolute Gasteiger partial charge is 0.337 e. The molecule has 1 aliphatic rings. The number of halogens is 4. The summed E-state index contributed by atoms with van der Waals surface area (Å²) in [6, 6.07) is 5.52. The van der Waals surface area contributed by atoms with Crippen molar-refractivity contribution in [2.75, 3.05) is 13.1 Å². The van der Waals surface area contributed by atoms with Crippen LogP contribution in [0.4, 0.5) is 13.2 Å². The van der Waals surface area contributed by atoms with E-state index in [-0.39, 0.29) is 11.8 Å². The summed E-state index contributed by atoms with van der Waals surface area (Å²) in [6.07, 6.45) is -0.368. The van der Waals surface area contributed by atoms with Crippen LogP contribution in [0.1, 0.15) is 40.8 Å². The number of likely N-dealkylation sites (tertiary alicyclic amines) is 1. The van der Waals surface area contributed by atoms with Gasteiger partial charge in [0.25, 0.3) is 5.91 Å². The van der Waals surface area contributed by atoms with Gasteiger partial charge in [0.1, 0.15) is 5.82 Å². The Kier molecular flexibility index (Phi) is 4.68. The molecule has 1 unspecified atom stereocenters. The number of carbonyl (C=O) groups is 1. The van der Waals surface area contributed by atoms with Crippen LogP contribution in [-0.2, 0) is 13.2 Å². The third kappa shape index (κ3) is 3.30. The number of piperidine rings is 1. The second-order valence-electron chi connectivity index (χ2n) is 6.88. The first kappa shape index (κ1) is 19.0. The van der Waals surface area contributed by atoms with E-state index in [0.29, 0.717) is 41.9 Å². The molecule has 1 atom stereocenters. The molecule has 6 nitrogen and oxygen atoms in total. The minimum absolute atomic E-state index is 0.245. The van der Waals surface area contributed by atoms with Gasteiger partial charge in [0.05, 0.1) is 9.99 Å². The van der Waals surface area contributed by atoms with Gasteiger partial charge in [0.2, 0.25) is 0 Å². The summed E-state index contributed by atoms with van der Waals surface area (Å²) in [4.78, 5) is 18.5. The Balaban J connectivity index is 1.59. The maximum absolute atomic E-state index is 13.0. The van der Waals surface area contributed by atoms with E-state index in [2.05, 4.69) is 26.0 Å². The molecule has 0 N–H and O–H groups in total. The molecule has 3 aromatic rings. The van der Waals surface area contributed by atoms with Gasteiger partial charge in [-0.25, -0.2) is 9.50 Å². The number of imidazole rings is 1. The van der Waals surface area contributed by atoms with Gasteiger partial charge in [0.15, 0.2) is 11.4 Å². The lowest BCUT2D eigenvalue weighted by atomic mass is 9.97. The largest absolute Gasteiger partial charge is 0.434 e. The van der Waals surface area contributed by atoms with Crippen LogP contribution in [0.3, 0.4) is 0 Å². The summed E-state index contributed by atoms with van der Waals surface area (Å²) < 4.78 is 42.5. The molecule has 28 heavy (non-hydrogen) atoms. The Hall–Kier alpha value is -2.36. The van der Waals surface area contributed by atoms with E-state index in [0.717, 1.165) is 11.7 Å². The highest BCUT2D eigenvalue weighted by atomic mass is 79.9. The zero-order valence-corrected chi connectivity index (χ0v) is 16.5. The average Bonchev–Trinajstić information content (AvgIpc) is 3.22. The second kappa shape index (κ2) is 6.91. The minimum Gasteiger partial charge on any atom is -0.337 e. The van der Waals surface area contributed by atoms with Crippen molar-refractivity contribution in [3.8, 4) is 0 Å². The Labute approximate surface area is 167 Å². The summed E-state index contributed by atoms with van der Waals surface area (Å²) in [5, 5.41) is 4.35. The number of pyridine rings is 1. The predicted molar refractivity (Wildman–Crippen MR) is 99.0 cm³/mol. The van der Waals surface area contributed by atoms with Gasteiger partial charge in [-0.1, -0.05) is 6.07 Å². The topological polar surface area (TPSA) is 55.4 Å². The fraction of sp³-hybridized carbons (Fsp3) is 0.389. The van der Waals surface area contributed by atoms with E-state index in [4.69, 9.17) is 0 Å². The van der Waals surface area contributed by atoms with E-state index < -0.39 is 11.9 Å². The molecule has 148 valence electrons. The zero-order chi connectivity index (χ0) is 20.1. The summed E-state index contributed by atoms with van der Waals surface area (Å²) in [7, 11) is 1.55. The van der Waals surface area contributed by atoms with Crippen LogP contribution in [0, 0.1) is 0 Å². The Morgan fingerprint density at radius 3 is 2.79 bits per heavy atom. The normalized spacial score (nSPS) is 18.0. The van der Waals surface area contributed by atoms with Crippen LogP contribution >= 0.6 is 15.9 Å². The summed E-state index contributed by atoms with van der Waals surface area (Å²) in [5.41, 5.74) is 0.164. The van der Waals surface area contributed by atoms with E-state index >= 15 is 0 Å². The first-order valence-corrected chi connectivity index (χ1v) is 9.57. The van der Waals surface area contributed by atoms with Gasteiger partial charge in [0, 0.05) is 38.4 Å². The summed E-state index contributed by atoms with van der Waals surface area (Å²) in [6.45, 7) is 0.841. The molecular formula is C18H17BrF3N5O. The van der Waals surface area contributed by atoms with Gasteiger partial charge in [-0.3, -0.25) is 4.79 Å². The molecule has 10 heteroatoms. The molecule has 4 heterocycles. The van der Waals surface area contributed by atoms with E-state index in [1.165, 1.54) is 4.57 Å². The Bertz CT molecular complexity index is 1040. The lowest BCUT2D eigenvalue weighted by molar-refractivity contribution is -0.141. The summed E-state index contributed by atoms with van der Waals surface area (Å²) >= 11 is 3.44. The maximum Gasteiger partial charge on any atom is 0.434 e. The van der Waals surface area contributed by atoms with Crippen molar-refractivity contribution < 1.29 is 18.0 Å². The fourth-order valence-electron chi connectivity index (χ4n) is 3.62. The van der Waals surface area contributed by atoms with Crippen molar-refractivity contribution in [3.05, 3.63) is 52.3 Å². The molecule has 1 amide bonds. The van der Waals surface area contributed by atoms with Gasteiger partial charge >= 0.3 is 6.18 Å². The predicted octanol–water partition coefficient (Wildman–Crippen LogP) is 3.87. The SMILES string of the molecule is Cn1cc(C(F)(F)F)nc1C1CCCN(C(=O)c2nn3ccccc3c2Br)C1. The van der Waals surface area contributed by atoms with E-state index in [9.17, 15) is 18.0 Å². The third-order valence-corrected chi connectivity index (χ3v) is 5.74. The number of carbonyl (C=O) groups excluding carboxylic acids is 1. The van der Waals surface area contributed by atoms with Crippen molar-refractivity contribution >= 4 is 27.4 Å². The number of aryl methyl sites for hydroxylation is 1. The number of hydrogen-bond acceptors (Lipinski definition) is 3. The maximum atomic E-state index is 13.0. The van der Waals surface area contributed by atoms with Crippen molar-refractivity contribution in [1.82, 2.24) is 24.1 Å². The molecule has 3 aromatic heterocycles. The molecule has 1 aliphatic heterocycles. The fourth-order valence-corrected chi connectivity index (χ4v) is 4.19. The first-order valence-electron chi connectivity index (χ1n) is 8.78. The van der Waals surface area contributed by atoms with Gasteiger partial charge < -0.3 is 9.47 Å². The van der Waals surface area contributed by atoms with Crippen LogP contribution in [0.2, 0.25) is 0 Å². The average molecular weight is 456 g/mol.